The number of anilines is 2. The average Bonchev–Trinajstić information content (AvgIpc) is 2.91. The number of fused-ring (bicyclic) bond motifs is 1. The standard InChI is InChI=1S/C27H33N5O6/c1-19(33)20-5-3-6-21(17-20)28-26(35)29-22-7-8-24-23(18-22)25(34)32(13-14-37-2)27(36)31(24)10-4-9-30-11-15-38-16-12-30/h3,5-8,17-18H,4,9-16H2,1-2H3,(H2,28,29,35). The molecule has 1 fully saturated rings. The van der Waals surface area contributed by atoms with Crippen molar-refractivity contribution in [3.05, 3.63) is 68.9 Å². The van der Waals surface area contributed by atoms with Crippen molar-refractivity contribution in [3.63, 3.8) is 0 Å². The van der Waals surface area contributed by atoms with Gasteiger partial charge in [-0.3, -0.25) is 23.6 Å². The third-order valence-corrected chi connectivity index (χ3v) is 6.49. The first-order chi connectivity index (χ1) is 18.4. The Kier molecular flexibility index (Phi) is 9.06. The van der Waals surface area contributed by atoms with Crippen molar-refractivity contribution in [1.29, 1.82) is 0 Å². The van der Waals surface area contributed by atoms with Crippen LogP contribution in [0.5, 0.6) is 0 Å². The summed E-state index contributed by atoms with van der Waals surface area (Å²) in [6.07, 6.45) is 0.735. The number of aromatic nitrogens is 2. The van der Waals surface area contributed by atoms with Crippen LogP contribution in [-0.2, 0) is 22.6 Å². The third-order valence-electron chi connectivity index (χ3n) is 6.49. The molecule has 0 aliphatic carbocycles. The van der Waals surface area contributed by atoms with Crippen LogP contribution in [0.3, 0.4) is 0 Å². The Bertz CT molecular complexity index is 1420. The zero-order valence-electron chi connectivity index (χ0n) is 21.7. The molecule has 0 atom stereocenters. The van der Waals surface area contributed by atoms with Crippen LogP contribution in [0.1, 0.15) is 23.7 Å². The number of morpholine rings is 1. The van der Waals surface area contributed by atoms with E-state index >= 15 is 0 Å². The lowest BCUT2D eigenvalue weighted by Crippen LogP contribution is -2.42. The second-order valence-corrected chi connectivity index (χ2v) is 9.14. The van der Waals surface area contributed by atoms with Crippen LogP contribution in [0, 0.1) is 0 Å². The number of Topliss-reactive ketones (excluding diaryl/α,β-unsaturated/α-hetero) is 1. The number of nitrogens with one attached hydrogen (secondary N) is 2. The van der Waals surface area contributed by atoms with Crippen LogP contribution >= 0.6 is 0 Å². The van der Waals surface area contributed by atoms with Crippen molar-refractivity contribution in [3.8, 4) is 0 Å². The molecule has 2 aromatic carbocycles. The van der Waals surface area contributed by atoms with Gasteiger partial charge in [0.1, 0.15) is 0 Å². The number of carbonyl (C=O) groups is 2. The monoisotopic (exact) mass is 523 g/mol. The Morgan fingerprint density at radius 2 is 1.68 bits per heavy atom. The molecule has 0 unspecified atom stereocenters. The molecule has 0 bridgehead atoms. The lowest BCUT2D eigenvalue weighted by Gasteiger charge is -2.26. The summed E-state index contributed by atoms with van der Waals surface area (Å²) >= 11 is 0. The summed E-state index contributed by atoms with van der Waals surface area (Å²) in [6.45, 7) is 6.19. The number of ether oxygens (including phenoxy) is 2. The van der Waals surface area contributed by atoms with Gasteiger partial charge in [0, 0.05) is 50.2 Å². The van der Waals surface area contributed by atoms with Gasteiger partial charge in [0.2, 0.25) is 0 Å². The molecule has 1 aliphatic rings. The first-order valence-corrected chi connectivity index (χ1v) is 12.6. The predicted octanol–water partition coefficient (Wildman–Crippen LogP) is 2.38. The Balaban J connectivity index is 1.58. The molecule has 0 spiro atoms. The summed E-state index contributed by atoms with van der Waals surface area (Å²) in [5.74, 6) is -0.107. The van der Waals surface area contributed by atoms with Gasteiger partial charge in [-0.05, 0) is 43.7 Å². The zero-order chi connectivity index (χ0) is 27.1. The molecule has 2 heterocycles. The Morgan fingerprint density at radius 3 is 2.39 bits per heavy atom. The number of aryl methyl sites for hydroxylation is 1. The van der Waals surface area contributed by atoms with Crippen molar-refractivity contribution >= 4 is 34.1 Å². The molecule has 38 heavy (non-hydrogen) atoms. The second kappa shape index (κ2) is 12.6. The molecule has 11 heteroatoms. The highest BCUT2D eigenvalue weighted by molar-refractivity contribution is 6.02. The molecule has 0 radical (unpaired) electrons. The van der Waals surface area contributed by atoms with E-state index in [2.05, 4.69) is 15.5 Å². The highest BCUT2D eigenvalue weighted by atomic mass is 16.5. The van der Waals surface area contributed by atoms with E-state index in [9.17, 15) is 19.2 Å². The van der Waals surface area contributed by atoms with Crippen molar-refractivity contribution in [2.24, 2.45) is 0 Å². The molecule has 1 aromatic heterocycles. The number of benzene rings is 2. The van der Waals surface area contributed by atoms with Gasteiger partial charge in [-0.25, -0.2) is 9.59 Å². The predicted molar refractivity (Wildman–Crippen MR) is 145 cm³/mol. The van der Waals surface area contributed by atoms with Crippen molar-refractivity contribution in [1.82, 2.24) is 14.0 Å². The van der Waals surface area contributed by atoms with E-state index < -0.39 is 11.6 Å². The van der Waals surface area contributed by atoms with Gasteiger partial charge >= 0.3 is 11.7 Å². The van der Waals surface area contributed by atoms with Gasteiger partial charge in [0.15, 0.2) is 5.78 Å². The van der Waals surface area contributed by atoms with E-state index in [-0.39, 0.29) is 24.6 Å². The van der Waals surface area contributed by atoms with Crippen molar-refractivity contribution in [2.75, 3.05) is 57.2 Å². The molecule has 3 aromatic rings. The minimum absolute atomic E-state index is 0.107. The molecule has 11 nitrogen and oxygen atoms in total. The molecule has 202 valence electrons. The number of methoxy groups -OCH3 is 1. The van der Waals surface area contributed by atoms with Gasteiger partial charge in [-0.15, -0.1) is 0 Å². The minimum Gasteiger partial charge on any atom is -0.383 e. The summed E-state index contributed by atoms with van der Waals surface area (Å²) in [5.41, 5.74) is 1.03. The molecule has 2 N–H and O–H groups in total. The number of nitrogens with zero attached hydrogens (tertiary/aromatic N) is 3. The maximum absolute atomic E-state index is 13.3. The summed E-state index contributed by atoms with van der Waals surface area (Å²) < 4.78 is 13.3. The first kappa shape index (κ1) is 27.2. The Labute approximate surface area is 220 Å². The number of hydrogen-bond acceptors (Lipinski definition) is 7. The van der Waals surface area contributed by atoms with Gasteiger partial charge in [-0.1, -0.05) is 12.1 Å². The Hall–Kier alpha value is -3.80. The lowest BCUT2D eigenvalue weighted by molar-refractivity contribution is 0.0369. The van der Waals surface area contributed by atoms with E-state index in [1.165, 1.54) is 18.6 Å². The quantitative estimate of drug-likeness (QED) is 0.391. The number of rotatable bonds is 10. The minimum atomic E-state index is -0.524. The van der Waals surface area contributed by atoms with Crippen LogP contribution in [0.25, 0.3) is 10.9 Å². The molecule has 4 rings (SSSR count). The average molecular weight is 524 g/mol. The van der Waals surface area contributed by atoms with E-state index in [0.29, 0.717) is 47.6 Å². The van der Waals surface area contributed by atoms with Crippen molar-refractivity contribution in [2.45, 2.75) is 26.4 Å². The molecule has 0 saturated carbocycles. The van der Waals surface area contributed by atoms with Crippen LogP contribution in [0.15, 0.2) is 52.1 Å². The van der Waals surface area contributed by atoms with Gasteiger partial charge in [0.25, 0.3) is 5.56 Å². The lowest BCUT2D eigenvalue weighted by atomic mass is 10.1. The fourth-order valence-electron chi connectivity index (χ4n) is 4.48. The molecule has 1 aliphatic heterocycles. The zero-order valence-corrected chi connectivity index (χ0v) is 21.7. The van der Waals surface area contributed by atoms with Crippen LogP contribution in [0.4, 0.5) is 16.2 Å². The SMILES string of the molecule is COCCn1c(=O)c2cc(NC(=O)Nc3cccc(C(C)=O)c3)ccc2n(CCCN2CCOCC2)c1=O. The fourth-order valence-corrected chi connectivity index (χ4v) is 4.48. The topological polar surface area (TPSA) is 124 Å². The van der Waals surface area contributed by atoms with Gasteiger partial charge < -0.3 is 20.1 Å². The van der Waals surface area contributed by atoms with E-state index in [0.717, 1.165) is 26.1 Å². The summed E-state index contributed by atoms with van der Waals surface area (Å²) in [5, 5.41) is 5.75. The van der Waals surface area contributed by atoms with Crippen molar-refractivity contribution < 1.29 is 19.1 Å². The van der Waals surface area contributed by atoms with Crippen LogP contribution < -0.4 is 21.9 Å². The largest absolute Gasteiger partial charge is 0.383 e. The Morgan fingerprint density at radius 1 is 0.947 bits per heavy atom. The number of urea groups is 1. The fraction of sp³-hybridized carbons (Fsp3) is 0.407. The van der Waals surface area contributed by atoms with Gasteiger partial charge in [-0.2, -0.15) is 0 Å². The maximum atomic E-state index is 13.3. The highest BCUT2D eigenvalue weighted by Crippen LogP contribution is 2.17. The van der Waals surface area contributed by atoms with E-state index in [1.54, 1.807) is 47.0 Å². The molecule has 1 saturated heterocycles. The third kappa shape index (κ3) is 6.55. The normalized spacial score (nSPS) is 13.9. The first-order valence-electron chi connectivity index (χ1n) is 12.6. The second-order valence-electron chi connectivity index (χ2n) is 9.14. The van der Waals surface area contributed by atoms with Crippen LogP contribution in [0.2, 0.25) is 0 Å². The number of hydrogen-bond donors (Lipinski definition) is 2. The maximum Gasteiger partial charge on any atom is 0.331 e. The highest BCUT2D eigenvalue weighted by Gasteiger charge is 2.16. The number of ketones is 1. The molecule has 2 amide bonds. The smallest absolute Gasteiger partial charge is 0.331 e. The summed E-state index contributed by atoms with van der Waals surface area (Å²) in [4.78, 5) is 53.1. The summed E-state index contributed by atoms with van der Waals surface area (Å²) in [6, 6.07) is 11.0. The number of amides is 2. The van der Waals surface area contributed by atoms with E-state index in [1.807, 2.05) is 0 Å². The molecular weight excluding hydrogens is 490 g/mol. The summed E-state index contributed by atoms with van der Waals surface area (Å²) in [7, 11) is 1.51. The molecular formula is C27H33N5O6. The number of carbonyl (C=O) groups excluding carboxylic acids is 2. The van der Waals surface area contributed by atoms with Gasteiger partial charge in [0.05, 0.1) is 37.3 Å². The van der Waals surface area contributed by atoms with E-state index in [4.69, 9.17) is 9.47 Å². The van der Waals surface area contributed by atoms with Crippen LogP contribution in [-0.4, -0.2) is 72.4 Å².